The van der Waals surface area contributed by atoms with E-state index in [0.29, 0.717) is 6.42 Å². The van der Waals surface area contributed by atoms with Gasteiger partial charge in [0.1, 0.15) is 30.4 Å². The molecule has 1 aliphatic rings. The molecule has 0 aromatic carbocycles. The van der Waals surface area contributed by atoms with Gasteiger partial charge in [-0.3, -0.25) is 33.6 Å². The molecule has 16 nitrogen and oxygen atoms in total. The van der Waals surface area contributed by atoms with Crippen LogP contribution in [-0.2, 0) is 33.6 Å². The van der Waals surface area contributed by atoms with Crippen molar-refractivity contribution in [1.29, 1.82) is 0 Å². The monoisotopic (exact) mass is 528 g/mol. The third-order valence-electron chi connectivity index (χ3n) is 5.65. The van der Waals surface area contributed by atoms with Crippen molar-refractivity contribution in [2.45, 2.75) is 76.3 Å². The average molecular weight is 529 g/mol. The lowest BCUT2D eigenvalue weighted by Crippen LogP contribution is -2.60. The molecule has 1 saturated heterocycles. The maximum Gasteiger partial charge on any atom is 0.243 e. The summed E-state index contributed by atoms with van der Waals surface area (Å²) in [5.41, 5.74) is 15.8. The summed E-state index contributed by atoms with van der Waals surface area (Å²) >= 11 is 0. The molecule has 1 heterocycles. The van der Waals surface area contributed by atoms with Crippen molar-refractivity contribution in [2.24, 2.45) is 23.1 Å². The van der Waals surface area contributed by atoms with Gasteiger partial charge in [-0.25, -0.2) is 0 Å². The first-order valence-electron chi connectivity index (χ1n) is 11.7. The van der Waals surface area contributed by atoms with Crippen LogP contribution >= 0.6 is 0 Å². The second-order valence-electron chi connectivity index (χ2n) is 8.80. The number of rotatable bonds is 8. The summed E-state index contributed by atoms with van der Waals surface area (Å²) in [5, 5.41) is 21.4. The second-order valence-corrected chi connectivity index (χ2v) is 8.80. The standard InChI is InChI=1S/C21H36N8O8/c1-3-9(2)17-21(37)28-12(8-15(24)32)20(36)27-11(7-14(23)31)19(35)26-10(6-13(22)30)18(34)25-5-4-16(33)29-17/h9-13,17,30H,3-8,22H2,1-2H3,(H2,23,31)(H2,24,32)(H,25,34)(H,26,35)(H,27,36)(H,28,37)(H,29,33)/t9-,10?,11?,12+,13?,17+/m1/s1. The normalized spacial score (nSPS) is 26.0. The fourth-order valence-corrected chi connectivity index (χ4v) is 3.47. The summed E-state index contributed by atoms with van der Waals surface area (Å²) < 4.78 is 0. The molecule has 1 rings (SSSR count). The van der Waals surface area contributed by atoms with Crippen molar-refractivity contribution in [1.82, 2.24) is 26.6 Å². The predicted molar refractivity (Wildman–Crippen MR) is 127 cm³/mol. The summed E-state index contributed by atoms with van der Waals surface area (Å²) in [5.74, 6) is -6.58. The highest BCUT2D eigenvalue weighted by Crippen LogP contribution is 2.10. The molecule has 1 aliphatic heterocycles. The summed E-state index contributed by atoms with van der Waals surface area (Å²) in [6, 6.07) is -5.67. The molecule has 16 heteroatoms. The van der Waals surface area contributed by atoms with E-state index >= 15 is 0 Å². The number of hydrogen-bond donors (Lipinski definition) is 9. The molecule has 208 valence electrons. The maximum absolute atomic E-state index is 13.0. The van der Waals surface area contributed by atoms with Gasteiger partial charge in [-0.15, -0.1) is 0 Å². The lowest BCUT2D eigenvalue weighted by Gasteiger charge is -2.28. The lowest BCUT2D eigenvalue weighted by atomic mass is 9.97. The molecular weight excluding hydrogens is 492 g/mol. The minimum atomic E-state index is -1.61. The smallest absolute Gasteiger partial charge is 0.243 e. The van der Waals surface area contributed by atoms with Crippen molar-refractivity contribution in [3.8, 4) is 0 Å². The van der Waals surface area contributed by atoms with Gasteiger partial charge in [0.05, 0.1) is 12.8 Å². The summed E-state index contributed by atoms with van der Waals surface area (Å²) in [6.45, 7) is 3.28. The summed E-state index contributed by atoms with van der Waals surface area (Å²) in [6.07, 6.45) is -3.08. The number of carbonyl (C=O) groups is 7. The highest BCUT2D eigenvalue weighted by atomic mass is 16.3. The van der Waals surface area contributed by atoms with E-state index in [1.807, 2.05) is 0 Å². The van der Waals surface area contributed by atoms with Crippen molar-refractivity contribution in [2.75, 3.05) is 6.54 Å². The molecule has 0 spiro atoms. The molecule has 7 amide bonds. The number of carbonyl (C=O) groups excluding carboxylic acids is 7. The molecule has 6 atom stereocenters. The topological polar surface area (TPSA) is 278 Å². The Balaban J connectivity index is 3.42. The molecule has 0 radical (unpaired) electrons. The zero-order valence-corrected chi connectivity index (χ0v) is 20.7. The Kier molecular flexibility index (Phi) is 12.4. The zero-order chi connectivity index (χ0) is 28.3. The van der Waals surface area contributed by atoms with Crippen LogP contribution in [-0.4, -0.2) is 83.4 Å². The van der Waals surface area contributed by atoms with E-state index in [9.17, 15) is 38.7 Å². The minimum absolute atomic E-state index is 0.182. The molecule has 0 aliphatic carbocycles. The summed E-state index contributed by atoms with van der Waals surface area (Å²) in [4.78, 5) is 87.1. The number of nitrogens with two attached hydrogens (primary N) is 3. The lowest BCUT2D eigenvalue weighted by molar-refractivity contribution is -0.137. The molecule has 0 bridgehead atoms. The van der Waals surface area contributed by atoms with Crippen LogP contribution < -0.4 is 43.8 Å². The van der Waals surface area contributed by atoms with Crippen LogP contribution in [0.1, 0.15) is 46.0 Å². The Labute approximate surface area is 213 Å². The highest BCUT2D eigenvalue weighted by molar-refractivity contribution is 5.98. The number of hydrogen-bond acceptors (Lipinski definition) is 9. The van der Waals surface area contributed by atoms with Gasteiger partial charge in [0.25, 0.3) is 0 Å². The quantitative estimate of drug-likeness (QED) is 0.136. The van der Waals surface area contributed by atoms with Gasteiger partial charge in [0.15, 0.2) is 0 Å². The molecule has 12 N–H and O–H groups in total. The third kappa shape index (κ3) is 10.8. The number of aliphatic hydroxyl groups excluding tert-OH is 1. The number of amides is 7. The SMILES string of the molecule is CC[C@@H](C)[C@@H]1NC(=O)CCNC(=O)C(CC(N)O)NC(=O)C(CC(N)=O)NC(=O)[C@H](CC(N)=O)NC1=O. The molecule has 0 aromatic rings. The van der Waals surface area contributed by atoms with E-state index in [1.165, 1.54) is 0 Å². The second kappa shape index (κ2) is 14.7. The van der Waals surface area contributed by atoms with E-state index in [-0.39, 0.29) is 13.0 Å². The van der Waals surface area contributed by atoms with Gasteiger partial charge in [-0.05, 0) is 5.92 Å². The van der Waals surface area contributed by atoms with E-state index in [2.05, 4.69) is 26.6 Å². The Bertz CT molecular complexity index is 896. The highest BCUT2D eigenvalue weighted by Gasteiger charge is 2.34. The van der Waals surface area contributed by atoms with Crippen molar-refractivity contribution < 1.29 is 38.7 Å². The van der Waals surface area contributed by atoms with Gasteiger partial charge >= 0.3 is 0 Å². The van der Waals surface area contributed by atoms with Crippen LogP contribution in [0.15, 0.2) is 0 Å². The molecule has 1 fully saturated rings. The van der Waals surface area contributed by atoms with Gasteiger partial charge in [-0.2, -0.15) is 0 Å². The Morgan fingerprint density at radius 2 is 1.35 bits per heavy atom. The van der Waals surface area contributed by atoms with Crippen LogP contribution in [0.5, 0.6) is 0 Å². The van der Waals surface area contributed by atoms with Crippen LogP contribution in [0.25, 0.3) is 0 Å². The van der Waals surface area contributed by atoms with Gasteiger partial charge in [-0.1, -0.05) is 20.3 Å². The minimum Gasteiger partial charge on any atom is -0.379 e. The Morgan fingerprint density at radius 3 is 1.81 bits per heavy atom. The fraction of sp³-hybridized carbons (Fsp3) is 0.667. The first-order valence-corrected chi connectivity index (χ1v) is 11.7. The van der Waals surface area contributed by atoms with Crippen LogP contribution in [0.4, 0.5) is 0 Å². The van der Waals surface area contributed by atoms with E-state index in [0.717, 1.165) is 0 Å². The van der Waals surface area contributed by atoms with Crippen molar-refractivity contribution in [3.05, 3.63) is 0 Å². The Morgan fingerprint density at radius 1 is 0.865 bits per heavy atom. The van der Waals surface area contributed by atoms with Crippen LogP contribution in [0.2, 0.25) is 0 Å². The molecular formula is C21H36N8O8. The molecule has 0 aromatic heterocycles. The van der Waals surface area contributed by atoms with Crippen molar-refractivity contribution in [3.63, 3.8) is 0 Å². The van der Waals surface area contributed by atoms with Crippen LogP contribution in [0, 0.1) is 5.92 Å². The van der Waals surface area contributed by atoms with E-state index < -0.39 is 96.9 Å². The van der Waals surface area contributed by atoms with E-state index in [1.54, 1.807) is 13.8 Å². The zero-order valence-electron chi connectivity index (χ0n) is 20.7. The van der Waals surface area contributed by atoms with Crippen LogP contribution in [0.3, 0.4) is 0 Å². The van der Waals surface area contributed by atoms with Gasteiger partial charge in [0.2, 0.25) is 41.4 Å². The fourth-order valence-electron chi connectivity index (χ4n) is 3.47. The summed E-state index contributed by atoms with van der Waals surface area (Å²) in [7, 11) is 0. The molecule has 37 heavy (non-hydrogen) atoms. The third-order valence-corrected chi connectivity index (χ3v) is 5.65. The Hall–Kier alpha value is -3.79. The van der Waals surface area contributed by atoms with E-state index in [4.69, 9.17) is 17.2 Å². The number of aliphatic hydroxyl groups is 1. The number of nitrogens with one attached hydrogen (secondary N) is 5. The first kappa shape index (κ1) is 31.2. The molecule has 3 unspecified atom stereocenters. The van der Waals surface area contributed by atoms with Crippen molar-refractivity contribution >= 4 is 41.4 Å². The average Bonchev–Trinajstić information content (AvgIpc) is 2.78. The van der Waals surface area contributed by atoms with Gasteiger partial charge in [0, 0.05) is 19.4 Å². The maximum atomic E-state index is 13.0. The van der Waals surface area contributed by atoms with Gasteiger partial charge < -0.3 is 48.9 Å². The first-order chi connectivity index (χ1) is 17.2. The molecule has 0 saturated carbocycles. The largest absolute Gasteiger partial charge is 0.379 e. The number of primary amides is 2. The predicted octanol–water partition coefficient (Wildman–Crippen LogP) is -5.09.